The number of rotatable bonds is 7. The van der Waals surface area contributed by atoms with Crippen molar-refractivity contribution < 1.29 is 14.0 Å². The zero-order chi connectivity index (χ0) is 25.8. The third kappa shape index (κ3) is 5.38. The summed E-state index contributed by atoms with van der Waals surface area (Å²) in [7, 11) is 1.62. The molecule has 2 aromatic heterocycles. The summed E-state index contributed by atoms with van der Waals surface area (Å²) < 4.78 is 14.8. The Hall–Kier alpha value is -3.79. The van der Waals surface area contributed by atoms with Crippen LogP contribution in [-0.2, 0) is 0 Å². The Morgan fingerprint density at radius 1 is 1.08 bits per heavy atom. The number of benzene rings is 2. The van der Waals surface area contributed by atoms with Gasteiger partial charge in [-0.3, -0.25) is 14.6 Å². The van der Waals surface area contributed by atoms with E-state index < -0.39 is 11.7 Å². The normalized spacial score (nSPS) is 10.8. The maximum absolute atomic E-state index is 13.3. The molecule has 0 fully saturated rings. The van der Waals surface area contributed by atoms with E-state index in [4.69, 9.17) is 28.9 Å². The van der Waals surface area contributed by atoms with Crippen LogP contribution in [0.3, 0.4) is 0 Å². The van der Waals surface area contributed by atoms with E-state index in [1.165, 1.54) is 39.9 Å². The molecule has 0 bridgehead atoms. The quantitative estimate of drug-likeness (QED) is 0.364. The first-order chi connectivity index (χ1) is 17.3. The molecular weight excluding hydrogens is 506 g/mol. The molecule has 0 aliphatic rings. The molecule has 4 rings (SSSR count). The molecule has 11 heteroatoms. The maximum Gasteiger partial charge on any atom is 0.274 e. The van der Waals surface area contributed by atoms with Gasteiger partial charge in [-0.2, -0.15) is 5.10 Å². The smallest absolute Gasteiger partial charge is 0.274 e. The van der Waals surface area contributed by atoms with E-state index >= 15 is 0 Å². The first-order valence-corrected chi connectivity index (χ1v) is 11.6. The molecule has 184 valence electrons. The highest BCUT2D eigenvalue weighted by Gasteiger charge is 2.22. The zero-order valence-corrected chi connectivity index (χ0v) is 20.6. The Bertz CT molecular complexity index is 1410. The molecule has 3 N–H and O–H groups in total. The number of likely N-dealkylation sites (N-methyl/N-ethyl adjacent to an activating group) is 1. The van der Waals surface area contributed by atoms with Crippen molar-refractivity contribution in [2.24, 2.45) is 5.73 Å². The van der Waals surface area contributed by atoms with E-state index in [1.807, 2.05) is 18.2 Å². The summed E-state index contributed by atoms with van der Waals surface area (Å²) in [6.07, 6.45) is 1.05. The van der Waals surface area contributed by atoms with Crippen LogP contribution in [-0.4, -0.2) is 51.6 Å². The molecule has 2 heterocycles. The lowest BCUT2D eigenvalue weighted by molar-refractivity contribution is 0.0792. The van der Waals surface area contributed by atoms with Crippen LogP contribution in [0, 0.1) is 5.82 Å². The Balaban J connectivity index is 1.71. The third-order valence-corrected chi connectivity index (χ3v) is 5.91. The van der Waals surface area contributed by atoms with Gasteiger partial charge in [0.25, 0.3) is 11.8 Å². The minimum Gasteiger partial charge on any atom is -0.339 e. The fourth-order valence-electron chi connectivity index (χ4n) is 3.47. The maximum atomic E-state index is 13.3. The second-order valence-corrected chi connectivity index (χ2v) is 8.62. The highest BCUT2D eigenvalue weighted by Crippen LogP contribution is 2.32. The van der Waals surface area contributed by atoms with Gasteiger partial charge < -0.3 is 16.0 Å². The first kappa shape index (κ1) is 25.3. The topological polar surface area (TPSA) is 106 Å². The van der Waals surface area contributed by atoms with Crippen LogP contribution >= 0.6 is 23.2 Å². The molecule has 0 atom stereocenters. The highest BCUT2D eigenvalue weighted by atomic mass is 35.5. The van der Waals surface area contributed by atoms with Crippen LogP contribution in [0.5, 0.6) is 0 Å². The number of aromatic nitrogens is 3. The van der Waals surface area contributed by atoms with Crippen molar-refractivity contribution in [1.82, 2.24) is 19.7 Å². The molecule has 0 spiro atoms. The van der Waals surface area contributed by atoms with E-state index in [0.29, 0.717) is 30.0 Å². The van der Waals surface area contributed by atoms with E-state index in [0.717, 1.165) is 6.20 Å². The van der Waals surface area contributed by atoms with Gasteiger partial charge in [-0.1, -0.05) is 41.4 Å². The van der Waals surface area contributed by atoms with E-state index in [-0.39, 0.29) is 33.0 Å². The number of hydrogen-bond acceptors (Lipinski definition) is 5. The fraction of sp³-hybridized carbons (Fsp3) is 0.120. The summed E-state index contributed by atoms with van der Waals surface area (Å²) >= 11 is 12.7. The molecule has 0 saturated heterocycles. The van der Waals surface area contributed by atoms with Crippen LogP contribution in [0.4, 0.5) is 10.2 Å². The number of anilines is 1. The van der Waals surface area contributed by atoms with Crippen molar-refractivity contribution in [1.29, 1.82) is 0 Å². The number of halogens is 3. The zero-order valence-electron chi connectivity index (χ0n) is 19.1. The number of nitrogens with two attached hydrogens (primary N) is 1. The standard InChI is InChI=1S/C25H21Cl2FN6O2/c1-33(10-9-29)25(36)22-13-23(34(32-22)16-5-3-2-4-6-16)31-24(35)18-11-17(19(26)12-20(18)27)21-8-7-15(28)14-30-21/h2-8,11-14H,9-10,29H2,1H3,(H,31,35). The third-order valence-electron chi connectivity index (χ3n) is 5.29. The van der Waals surface area contributed by atoms with Gasteiger partial charge in [0.1, 0.15) is 11.6 Å². The summed E-state index contributed by atoms with van der Waals surface area (Å²) in [5.41, 5.74) is 7.21. The molecular formula is C25H21Cl2FN6O2. The van der Waals surface area contributed by atoms with Gasteiger partial charge in [-0.05, 0) is 36.4 Å². The van der Waals surface area contributed by atoms with Crippen LogP contribution in [0.2, 0.25) is 10.0 Å². The number of nitrogens with zero attached hydrogens (tertiary/aromatic N) is 4. The Kier molecular flexibility index (Phi) is 7.64. The van der Waals surface area contributed by atoms with Crippen molar-refractivity contribution in [2.45, 2.75) is 0 Å². The van der Waals surface area contributed by atoms with Crippen molar-refractivity contribution in [3.05, 3.63) is 94.0 Å². The Morgan fingerprint density at radius 3 is 2.50 bits per heavy atom. The van der Waals surface area contributed by atoms with Gasteiger partial charge >= 0.3 is 0 Å². The lowest BCUT2D eigenvalue weighted by Gasteiger charge is -2.13. The van der Waals surface area contributed by atoms with Gasteiger partial charge in [-0.15, -0.1) is 0 Å². The molecule has 36 heavy (non-hydrogen) atoms. The van der Waals surface area contributed by atoms with Crippen molar-refractivity contribution >= 4 is 40.8 Å². The SMILES string of the molecule is CN(CCN)C(=O)c1cc(NC(=O)c2cc(-c3ccc(F)cn3)c(Cl)cc2Cl)n(-c2ccccc2)n1. The highest BCUT2D eigenvalue weighted by molar-refractivity contribution is 6.38. The summed E-state index contributed by atoms with van der Waals surface area (Å²) in [5.74, 6) is -1.16. The van der Waals surface area contributed by atoms with Gasteiger partial charge in [0.2, 0.25) is 0 Å². The second-order valence-electron chi connectivity index (χ2n) is 7.81. The molecule has 0 aliphatic heterocycles. The summed E-state index contributed by atoms with van der Waals surface area (Å²) in [5, 5.41) is 7.54. The molecule has 0 unspecified atom stereocenters. The van der Waals surface area contributed by atoms with Crippen LogP contribution in [0.15, 0.2) is 66.9 Å². The predicted octanol–water partition coefficient (Wildman–Crippen LogP) is 4.66. The van der Waals surface area contributed by atoms with Gasteiger partial charge in [0, 0.05) is 31.8 Å². The van der Waals surface area contributed by atoms with Gasteiger partial charge in [-0.25, -0.2) is 9.07 Å². The van der Waals surface area contributed by atoms with Crippen LogP contribution in [0.25, 0.3) is 16.9 Å². The lowest BCUT2D eigenvalue weighted by atomic mass is 10.1. The number of carbonyl (C=O) groups excluding carboxylic acids is 2. The lowest BCUT2D eigenvalue weighted by Crippen LogP contribution is -2.32. The molecule has 0 radical (unpaired) electrons. The summed E-state index contributed by atoms with van der Waals surface area (Å²) in [6.45, 7) is 0.644. The van der Waals surface area contributed by atoms with Crippen molar-refractivity contribution in [3.8, 4) is 16.9 Å². The number of carbonyl (C=O) groups is 2. The minimum absolute atomic E-state index is 0.105. The second kappa shape index (κ2) is 10.9. The van der Waals surface area contributed by atoms with E-state index in [1.54, 1.807) is 19.2 Å². The van der Waals surface area contributed by atoms with E-state index in [9.17, 15) is 14.0 Å². The van der Waals surface area contributed by atoms with Crippen LogP contribution in [0.1, 0.15) is 20.8 Å². The number of amides is 2. The molecule has 4 aromatic rings. The van der Waals surface area contributed by atoms with Crippen molar-refractivity contribution in [3.63, 3.8) is 0 Å². The number of nitrogens with one attached hydrogen (secondary N) is 1. The largest absolute Gasteiger partial charge is 0.339 e. The minimum atomic E-state index is -0.563. The summed E-state index contributed by atoms with van der Waals surface area (Å²) in [4.78, 5) is 31.6. The Labute approximate surface area is 216 Å². The van der Waals surface area contributed by atoms with Gasteiger partial charge in [0.05, 0.1) is 33.2 Å². The molecule has 2 aromatic carbocycles. The number of pyridine rings is 1. The average Bonchev–Trinajstić information content (AvgIpc) is 3.28. The monoisotopic (exact) mass is 526 g/mol. The van der Waals surface area contributed by atoms with Crippen LogP contribution < -0.4 is 11.1 Å². The van der Waals surface area contributed by atoms with E-state index in [2.05, 4.69) is 15.4 Å². The Morgan fingerprint density at radius 2 is 1.83 bits per heavy atom. The van der Waals surface area contributed by atoms with Gasteiger partial charge in [0.15, 0.2) is 5.69 Å². The molecule has 0 saturated carbocycles. The fourth-order valence-corrected chi connectivity index (χ4v) is 4.04. The molecule has 0 aliphatic carbocycles. The summed E-state index contributed by atoms with van der Waals surface area (Å²) in [6, 6.07) is 16.1. The molecule has 2 amide bonds. The first-order valence-electron chi connectivity index (χ1n) is 10.8. The molecule has 8 nitrogen and oxygen atoms in total. The number of para-hydroxylation sites is 1. The number of hydrogen-bond donors (Lipinski definition) is 2. The van der Waals surface area contributed by atoms with Crippen molar-refractivity contribution in [2.75, 3.05) is 25.5 Å². The predicted molar refractivity (Wildman–Crippen MR) is 137 cm³/mol. The average molecular weight is 527 g/mol.